The van der Waals surface area contributed by atoms with Crippen LogP contribution < -0.4 is 5.32 Å². The van der Waals surface area contributed by atoms with E-state index in [0.717, 1.165) is 22.8 Å². The molecule has 1 aliphatic rings. The zero-order chi connectivity index (χ0) is 16.4. The number of nitrogens with one attached hydrogen (secondary N) is 1. The van der Waals surface area contributed by atoms with Crippen molar-refractivity contribution >= 4 is 17.2 Å². The molecule has 1 N–H and O–H groups in total. The SMILES string of the molecule is O=C(c1csc(-c2cnn(-c3ccccc3)c2)n1)N1[CH]CNCC1. The Morgan fingerprint density at radius 1 is 1.25 bits per heavy atom. The summed E-state index contributed by atoms with van der Waals surface area (Å²) in [4.78, 5) is 18.7. The standard InChI is InChI=1S/C17H16N5OS/c23-17(21-8-6-18-7-9-21)15-12-24-16(20-15)13-10-19-22(11-13)14-4-2-1-3-5-14/h1-5,8,10-12,18H,6-7,9H2. The van der Waals surface area contributed by atoms with Gasteiger partial charge < -0.3 is 10.2 Å². The average molecular weight is 338 g/mol. The molecule has 0 saturated carbocycles. The van der Waals surface area contributed by atoms with Crippen LogP contribution in [0.2, 0.25) is 0 Å². The maximum atomic E-state index is 12.5. The summed E-state index contributed by atoms with van der Waals surface area (Å²) in [6, 6.07) is 9.91. The van der Waals surface area contributed by atoms with Gasteiger partial charge in [0.2, 0.25) is 0 Å². The van der Waals surface area contributed by atoms with E-state index in [0.29, 0.717) is 18.8 Å². The fraction of sp³-hybridized carbons (Fsp3) is 0.176. The molecule has 1 saturated heterocycles. The summed E-state index contributed by atoms with van der Waals surface area (Å²) >= 11 is 1.46. The molecule has 0 unspecified atom stereocenters. The highest BCUT2D eigenvalue weighted by atomic mass is 32.1. The number of para-hydroxylation sites is 1. The van der Waals surface area contributed by atoms with Crippen LogP contribution in [-0.4, -0.2) is 45.2 Å². The lowest BCUT2D eigenvalue weighted by Gasteiger charge is -2.25. The number of rotatable bonds is 3. The molecule has 1 aromatic carbocycles. The van der Waals surface area contributed by atoms with E-state index in [9.17, 15) is 4.79 Å². The Kier molecular flexibility index (Phi) is 4.10. The summed E-state index contributed by atoms with van der Waals surface area (Å²) in [6.07, 6.45) is 3.70. The lowest BCUT2D eigenvalue weighted by molar-refractivity contribution is 0.0777. The van der Waals surface area contributed by atoms with Crippen molar-refractivity contribution in [3.8, 4) is 16.3 Å². The summed E-state index contributed by atoms with van der Waals surface area (Å²) in [6.45, 7) is 4.07. The van der Waals surface area contributed by atoms with Crippen molar-refractivity contribution in [2.45, 2.75) is 0 Å². The average Bonchev–Trinajstić information content (AvgIpc) is 3.32. The summed E-state index contributed by atoms with van der Waals surface area (Å²) in [5.74, 6) is -0.0468. The van der Waals surface area contributed by atoms with Crippen LogP contribution in [0.5, 0.6) is 0 Å². The van der Waals surface area contributed by atoms with Crippen LogP contribution in [0, 0.1) is 6.54 Å². The van der Waals surface area contributed by atoms with Gasteiger partial charge in [-0.3, -0.25) is 4.79 Å². The highest BCUT2D eigenvalue weighted by molar-refractivity contribution is 7.13. The van der Waals surface area contributed by atoms with Gasteiger partial charge in [-0.25, -0.2) is 9.67 Å². The number of hydrogen-bond donors (Lipinski definition) is 1. The fourth-order valence-electron chi connectivity index (χ4n) is 2.56. The Morgan fingerprint density at radius 2 is 2.12 bits per heavy atom. The van der Waals surface area contributed by atoms with E-state index in [-0.39, 0.29) is 5.91 Å². The van der Waals surface area contributed by atoms with Crippen molar-refractivity contribution in [1.82, 2.24) is 25.0 Å². The van der Waals surface area contributed by atoms with Crippen LogP contribution in [0.15, 0.2) is 48.1 Å². The van der Waals surface area contributed by atoms with E-state index in [1.54, 1.807) is 11.1 Å². The van der Waals surface area contributed by atoms with Gasteiger partial charge in [0.1, 0.15) is 10.7 Å². The lowest BCUT2D eigenvalue weighted by atomic mass is 10.3. The van der Waals surface area contributed by atoms with E-state index in [4.69, 9.17) is 0 Å². The van der Waals surface area contributed by atoms with Crippen molar-refractivity contribution in [3.05, 3.63) is 60.3 Å². The van der Waals surface area contributed by atoms with Crippen LogP contribution in [0.4, 0.5) is 0 Å². The second-order valence-corrected chi connectivity index (χ2v) is 6.29. The van der Waals surface area contributed by atoms with Crippen LogP contribution in [0.1, 0.15) is 10.5 Å². The molecule has 0 spiro atoms. The molecule has 3 heterocycles. The minimum atomic E-state index is -0.0468. The van der Waals surface area contributed by atoms with E-state index < -0.39 is 0 Å². The van der Waals surface area contributed by atoms with Gasteiger partial charge >= 0.3 is 0 Å². The Morgan fingerprint density at radius 3 is 2.92 bits per heavy atom. The third-order valence-corrected chi connectivity index (χ3v) is 4.71. The van der Waals surface area contributed by atoms with E-state index in [1.165, 1.54) is 11.3 Å². The number of benzene rings is 1. The topological polar surface area (TPSA) is 63.1 Å². The van der Waals surface area contributed by atoms with Crippen molar-refractivity contribution in [3.63, 3.8) is 0 Å². The largest absolute Gasteiger partial charge is 0.330 e. The Hall–Kier alpha value is -2.51. The maximum absolute atomic E-state index is 12.5. The quantitative estimate of drug-likeness (QED) is 0.795. The number of hydrogen-bond acceptors (Lipinski definition) is 5. The first-order valence-electron chi connectivity index (χ1n) is 7.72. The summed E-state index contributed by atoms with van der Waals surface area (Å²) in [7, 11) is 0. The number of nitrogens with zero attached hydrogens (tertiary/aromatic N) is 4. The van der Waals surface area contributed by atoms with Crippen molar-refractivity contribution in [2.24, 2.45) is 0 Å². The first kappa shape index (κ1) is 15.0. The Bertz CT molecular complexity index is 836. The molecule has 121 valence electrons. The first-order valence-corrected chi connectivity index (χ1v) is 8.60. The fourth-order valence-corrected chi connectivity index (χ4v) is 3.33. The zero-order valence-electron chi connectivity index (χ0n) is 12.9. The Balaban J connectivity index is 1.55. The number of aromatic nitrogens is 3. The molecular formula is C17H16N5OS. The molecule has 0 bridgehead atoms. The van der Waals surface area contributed by atoms with Crippen LogP contribution in [0.3, 0.4) is 0 Å². The highest BCUT2D eigenvalue weighted by Gasteiger charge is 2.21. The van der Waals surface area contributed by atoms with Gasteiger partial charge in [0.15, 0.2) is 0 Å². The maximum Gasteiger partial charge on any atom is 0.273 e. The molecule has 2 aromatic heterocycles. The third-order valence-electron chi connectivity index (χ3n) is 3.82. The predicted molar refractivity (Wildman–Crippen MR) is 92.9 cm³/mol. The summed E-state index contributed by atoms with van der Waals surface area (Å²) < 4.78 is 1.81. The molecule has 7 heteroatoms. The second-order valence-electron chi connectivity index (χ2n) is 5.43. The smallest absolute Gasteiger partial charge is 0.273 e. The molecular weight excluding hydrogens is 322 g/mol. The zero-order valence-corrected chi connectivity index (χ0v) is 13.7. The Labute approximate surface area is 143 Å². The summed E-state index contributed by atoms with van der Waals surface area (Å²) in [5, 5.41) is 10.2. The van der Waals surface area contributed by atoms with E-state index >= 15 is 0 Å². The molecule has 6 nitrogen and oxygen atoms in total. The lowest BCUT2D eigenvalue weighted by Crippen LogP contribution is -2.43. The molecule has 1 aliphatic heterocycles. The molecule has 24 heavy (non-hydrogen) atoms. The second kappa shape index (κ2) is 6.54. The van der Waals surface area contributed by atoms with Crippen molar-refractivity contribution in [1.29, 1.82) is 0 Å². The molecule has 1 amide bonds. The van der Waals surface area contributed by atoms with Gasteiger partial charge in [0.05, 0.1) is 18.4 Å². The van der Waals surface area contributed by atoms with Gasteiger partial charge in [-0.1, -0.05) is 18.2 Å². The first-order chi connectivity index (χ1) is 11.8. The molecule has 1 radical (unpaired) electrons. The normalized spacial score (nSPS) is 14.8. The van der Waals surface area contributed by atoms with Gasteiger partial charge in [-0.15, -0.1) is 11.3 Å². The number of thiazole rings is 1. The van der Waals surface area contributed by atoms with E-state index in [2.05, 4.69) is 15.4 Å². The minimum Gasteiger partial charge on any atom is -0.330 e. The number of amides is 1. The van der Waals surface area contributed by atoms with Gasteiger partial charge in [0.25, 0.3) is 5.91 Å². The summed E-state index contributed by atoms with van der Waals surface area (Å²) in [5.41, 5.74) is 2.39. The molecule has 3 aromatic rings. The third kappa shape index (κ3) is 2.95. The molecule has 0 aliphatic carbocycles. The van der Waals surface area contributed by atoms with Gasteiger partial charge in [0, 0.05) is 36.8 Å². The van der Waals surface area contributed by atoms with Gasteiger partial charge in [-0.05, 0) is 12.1 Å². The highest BCUT2D eigenvalue weighted by Crippen LogP contribution is 2.25. The van der Waals surface area contributed by atoms with Gasteiger partial charge in [-0.2, -0.15) is 5.10 Å². The van der Waals surface area contributed by atoms with Crippen molar-refractivity contribution in [2.75, 3.05) is 19.6 Å². The molecule has 1 fully saturated rings. The van der Waals surface area contributed by atoms with Crippen LogP contribution in [-0.2, 0) is 0 Å². The van der Waals surface area contributed by atoms with Crippen LogP contribution in [0.25, 0.3) is 16.3 Å². The van der Waals surface area contributed by atoms with E-state index in [1.807, 2.05) is 53.1 Å². The minimum absolute atomic E-state index is 0.0468. The number of carbonyl (C=O) groups excluding carboxylic acids is 1. The number of piperazine rings is 1. The molecule has 4 rings (SSSR count). The van der Waals surface area contributed by atoms with Crippen molar-refractivity contribution < 1.29 is 4.79 Å². The van der Waals surface area contributed by atoms with Crippen LogP contribution >= 0.6 is 11.3 Å². The monoisotopic (exact) mass is 338 g/mol. The predicted octanol–water partition coefficient (Wildman–Crippen LogP) is 2.20. The number of carbonyl (C=O) groups is 1. The molecule has 0 atom stereocenters.